The smallest absolute Gasteiger partial charge is 0.143 e. The Kier molecular flexibility index (Phi) is 4.61. The molecule has 0 aliphatic rings. The van der Waals surface area contributed by atoms with Gasteiger partial charge in [-0.05, 0) is 52.5 Å². The van der Waals surface area contributed by atoms with E-state index in [0.717, 1.165) is 5.56 Å². The summed E-state index contributed by atoms with van der Waals surface area (Å²) in [4.78, 5) is 3.98. The van der Waals surface area contributed by atoms with Crippen molar-refractivity contribution in [2.24, 2.45) is 5.73 Å². The lowest BCUT2D eigenvalue weighted by Gasteiger charge is -2.13. The van der Waals surface area contributed by atoms with Crippen molar-refractivity contribution in [3.05, 3.63) is 63.9 Å². The van der Waals surface area contributed by atoms with E-state index in [1.54, 1.807) is 12.4 Å². The molecule has 1 aromatic heterocycles. The average molecular weight is 327 g/mol. The number of rotatable bonds is 4. The van der Waals surface area contributed by atoms with Gasteiger partial charge in [-0.3, -0.25) is 4.98 Å². The van der Waals surface area contributed by atoms with Crippen LogP contribution in [0, 0.1) is 11.6 Å². The molecule has 1 aromatic carbocycles. The first-order chi connectivity index (χ1) is 9.08. The summed E-state index contributed by atoms with van der Waals surface area (Å²) in [5, 5.41) is 0. The van der Waals surface area contributed by atoms with E-state index in [4.69, 9.17) is 5.73 Å². The molecule has 1 heterocycles. The molecule has 0 fully saturated rings. The molecule has 0 amide bonds. The molecule has 2 nitrogen and oxygen atoms in total. The highest BCUT2D eigenvalue weighted by Gasteiger charge is 2.15. The fraction of sp³-hybridized carbons (Fsp3) is 0.214. The van der Waals surface area contributed by atoms with Crippen LogP contribution in [0.25, 0.3) is 0 Å². The molecule has 1 unspecified atom stereocenters. The third-order valence-corrected chi connectivity index (χ3v) is 3.44. The van der Waals surface area contributed by atoms with Crippen LogP contribution < -0.4 is 5.73 Å². The number of hydrogen-bond donors (Lipinski definition) is 1. The summed E-state index contributed by atoms with van der Waals surface area (Å²) < 4.78 is 27.7. The van der Waals surface area contributed by atoms with Crippen LogP contribution in [0.5, 0.6) is 0 Å². The highest BCUT2D eigenvalue weighted by molar-refractivity contribution is 9.10. The fourth-order valence-corrected chi connectivity index (χ4v) is 2.28. The summed E-state index contributed by atoms with van der Waals surface area (Å²) in [5.41, 5.74) is 6.92. The van der Waals surface area contributed by atoms with Gasteiger partial charge in [0.1, 0.15) is 11.6 Å². The molecule has 100 valence electrons. The van der Waals surface area contributed by atoms with Crippen LogP contribution in [0.4, 0.5) is 8.78 Å². The summed E-state index contributed by atoms with van der Waals surface area (Å²) in [6.45, 7) is 0. The summed E-state index contributed by atoms with van der Waals surface area (Å²) >= 11 is 3.04. The number of aromatic nitrogens is 1. The molecule has 1 atom stereocenters. The number of benzene rings is 1. The number of halogens is 3. The lowest BCUT2D eigenvalue weighted by atomic mass is 10.00. The van der Waals surface area contributed by atoms with Crippen LogP contribution in [-0.2, 0) is 12.8 Å². The highest BCUT2D eigenvalue weighted by Crippen LogP contribution is 2.23. The maximum Gasteiger partial charge on any atom is 0.143 e. The van der Waals surface area contributed by atoms with Gasteiger partial charge in [-0.25, -0.2) is 8.78 Å². The van der Waals surface area contributed by atoms with Crippen molar-refractivity contribution in [2.45, 2.75) is 18.9 Å². The van der Waals surface area contributed by atoms with Gasteiger partial charge < -0.3 is 5.73 Å². The number of nitrogens with zero attached hydrogens (tertiary/aromatic N) is 1. The summed E-state index contributed by atoms with van der Waals surface area (Å²) in [6, 6.07) is 5.92. The van der Waals surface area contributed by atoms with Crippen molar-refractivity contribution >= 4 is 15.9 Å². The van der Waals surface area contributed by atoms with Crippen LogP contribution in [0.2, 0.25) is 0 Å². The molecule has 0 bridgehead atoms. The van der Waals surface area contributed by atoms with Gasteiger partial charge in [0, 0.05) is 24.0 Å². The second-order valence-corrected chi connectivity index (χ2v) is 5.21. The van der Waals surface area contributed by atoms with E-state index in [1.807, 2.05) is 12.1 Å². The molecule has 2 rings (SSSR count). The molecule has 2 N–H and O–H groups in total. The first kappa shape index (κ1) is 14.1. The Morgan fingerprint density at radius 2 is 2.00 bits per heavy atom. The van der Waals surface area contributed by atoms with E-state index in [1.165, 1.54) is 12.1 Å². The van der Waals surface area contributed by atoms with Gasteiger partial charge >= 0.3 is 0 Å². The molecule has 0 saturated carbocycles. The zero-order valence-electron chi connectivity index (χ0n) is 10.1. The number of pyridine rings is 1. The Hall–Kier alpha value is -1.33. The number of hydrogen-bond acceptors (Lipinski definition) is 2. The van der Waals surface area contributed by atoms with Gasteiger partial charge in [-0.2, -0.15) is 0 Å². The van der Waals surface area contributed by atoms with E-state index in [0.29, 0.717) is 6.42 Å². The molecule has 5 heteroatoms. The predicted molar refractivity (Wildman–Crippen MR) is 73.7 cm³/mol. The molecule has 0 saturated heterocycles. The van der Waals surface area contributed by atoms with Gasteiger partial charge in [0.25, 0.3) is 0 Å². The molecule has 19 heavy (non-hydrogen) atoms. The van der Waals surface area contributed by atoms with Crippen molar-refractivity contribution in [3.8, 4) is 0 Å². The standard InChI is InChI=1S/C14H13BrF2N2/c15-12-3-4-13(16)11(14(12)17)7-10(18)6-9-2-1-5-19-8-9/h1-5,8,10H,6-7,18H2. The van der Waals surface area contributed by atoms with Gasteiger partial charge in [0.15, 0.2) is 0 Å². The molecule has 2 aromatic rings. The minimum atomic E-state index is -0.582. The lowest BCUT2D eigenvalue weighted by Crippen LogP contribution is -2.26. The Morgan fingerprint density at radius 3 is 2.68 bits per heavy atom. The Bertz CT molecular complexity index is 561. The lowest BCUT2D eigenvalue weighted by molar-refractivity contribution is 0.530. The zero-order chi connectivity index (χ0) is 13.8. The van der Waals surface area contributed by atoms with Crippen molar-refractivity contribution < 1.29 is 8.78 Å². The average Bonchev–Trinajstić information content (AvgIpc) is 2.40. The van der Waals surface area contributed by atoms with Gasteiger partial charge in [0.05, 0.1) is 4.47 Å². The third kappa shape index (κ3) is 3.58. The van der Waals surface area contributed by atoms with Crippen molar-refractivity contribution in [3.63, 3.8) is 0 Å². The topological polar surface area (TPSA) is 38.9 Å². The number of nitrogens with two attached hydrogens (primary N) is 1. The molecule has 0 aliphatic heterocycles. The molecule has 0 spiro atoms. The predicted octanol–water partition coefficient (Wildman–Crippen LogP) is 3.23. The van der Waals surface area contributed by atoms with Crippen molar-refractivity contribution in [2.75, 3.05) is 0 Å². The minimum absolute atomic E-state index is 0.0192. The Balaban J connectivity index is 2.11. The highest BCUT2D eigenvalue weighted by atomic mass is 79.9. The second kappa shape index (κ2) is 6.21. The molecular formula is C14H13BrF2N2. The van der Waals surface area contributed by atoms with Gasteiger partial charge in [-0.15, -0.1) is 0 Å². The van der Waals surface area contributed by atoms with Gasteiger partial charge in [0.2, 0.25) is 0 Å². The minimum Gasteiger partial charge on any atom is -0.327 e. The van der Waals surface area contributed by atoms with Crippen LogP contribution in [0.1, 0.15) is 11.1 Å². The molecule has 0 radical (unpaired) electrons. The SMILES string of the molecule is NC(Cc1cccnc1)Cc1c(F)ccc(Br)c1F. The monoisotopic (exact) mass is 326 g/mol. The van der Waals surface area contributed by atoms with E-state index in [9.17, 15) is 8.78 Å². The Labute approximate surface area is 118 Å². The van der Waals surface area contributed by atoms with Crippen LogP contribution in [0.3, 0.4) is 0 Å². The zero-order valence-corrected chi connectivity index (χ0v) is 11.7. The summed E-state index contributed by atoms with van der Waals surface area (Å²) in [6.07, 6.45) is 4.04. The van der Waals surface area contributed by atoms with Crippen LogP contribution >= 0.6 is 15.9 Å². The normalized spacial score (nSPS) is 12.4. The third-order valence-electron chi connectivity index (χ3n) is 2.83. The van der Waals surface area contributed by atoms with Crippen LogP contribution in [-0.4, -0.2) is 11.0 Å². The largest absolute Gasteiger partial charge is 0.327 e. The van der Waals surface area contributed by atoms with E-state index in [-0.39, 0.29) is 22.5 Å². The maximum absolute atomic E-state index is 13.8. The summed E-state index contributed by atoms with van der Waals surface area (Å²) in [7, 11) is 0. The molecular weight excluding hydrogens is 314 g/mol. The quantitative estimate of drug-likeness (QED) is 0.876. The van der Waals surface area contributed by atoms with Gasteiger partial charge in [-0.1, -0.05) is 6.07 Å². The first-order valence-electron chi connectivity index (χ1n) is 5.84. The van der Waals surface area contributed by atoms with E-state index < -0.39 is 11.6 Å². The first-order valence-corrected chi connectivity index (χ1v) is 6.64. The van der Waals surface area contributed by atoms with Crippen LogP contribution in [0.15, 0.2) is 41.1 Å². The second-order valence-electron chi connectivity index (χ2n) is 4.35. The van der Waals surface area contributed by atoms with Crippen molar-refractivity contribution in [1.82, 2.24) is 4.98 Å². The fourth-order valence-electron chi connectivity index (χ4n) is 1.91. The van der Waals surface area contributed by atoms with Crippen molar-refractivity contribution in [1.29, 1.82) is 0 Å². The van der Waals surface area contributed by atoms with E-state index in [2.05, 4.69) is 20.9 Å². The molecule has 0 aliphatic carbocycles. The maximum atomic E-state index is 13.8. The summed E-state index contributed by atoms with van der Waals surface area (Å²) in [5.74, 6) is -1.15. The van der Waals surface area contributed by atoms with E-state index >= 15 is 0 Å². The Morgan fingerprint density at radius 1 is 1.21 bits per heavy atom.